The lowest BCUT2D eigenvalue weighted by Gasteiger charge is -2.10. The van der Waals surface area contributed by atoms with Gasteiger partial charge in [0.25, 0.3) is 0 Å². The van der Waals surface area contributed by atoms with Crippen molar-refractivity contribution in [1.82, 2.24) is 10.3 Å². The fourth-order valence-corrected chi connectivity index (χ4v) is 2.15. The highest BCUT2D eigenvalue weighted by Crippen LogP contribution is 2.35. The summed E-state index contributed by atoms with van der Waals surface area (Å²) in [5.41, 5.74) is 1.56. The average Bonchev–Trinajstić information content (AvgIpc) is 3.08. The van der Waals surface area contributed by atoms with Crippen molar-refractivity contribution in [3.63, 3.8) is 0 Å². The van der Waals surface area contributed by atoms with E-state index in [9.17, 15) is 0 Å². The third-order valence-corrected chi connectivity index (χ3v) is 3.35. The molecule has 2 unspecified atom stereocenters. The van der Waals surface area contributed by atoms with Crippen molar-refractivity contribution in [2.75, 3.05) is 0 Å². The molecule has 88 valence electrons. The second-order valence-corrected chi connectivity index (χ2v) is 4.54. The first-order valence-corrected chi connectivity index (χ1v) is 6.11. The monoisotopic (exact) mass is 247 g/mol. The molecule has 1 fully saturated rings. The van der Waals surface area contributed by atoms with Gasteiger partial charge in [-0.25, -0.2) is 4.98 Å². The first-order chi connectivity index (χ1) is 8.26. The standard InChI is InChI=1S/C13H14ClN3/c1-2-9-8-12(9)17-11(5-6-15)10-4-3-7-16-13(10)14/h3-5,7,9,12,17H,2,8H2,1H3/b11-5+. The number of aromatic nitrogens is 1. The van der Waals surface area contributed by atoms with Crippen LogP contribution in [-0.2, 0) is 0 Å². The third kappa shape index (κ3) is 2.78. The molecule has 2 rings (SSSR count). The topological polar surface area (TPSA) is 48.7 Å². The molecule has 2 atom stereocenters. The average molecular weight is 248 g/mol. The van der Waals surface area contributed by atoms with Crippen LogP contribution < -0.4 is 5.32 Å². The van der Waals surface area contributed by atoms with Crippen molar-refractivity contribution < 1.29 is 0 Å². The quantitative estimate of drug-likeness (QED) is 0.657. The Morgan fingerprint density at radius 3 is 3.18 bits per heavy atom. The van der Waals surface area contributed by atoms with Gasteiger partial charge in [-0.1, -0.05) is 24.9 Å². The summed E-state index contributed by atoms with van der Waals surface area (Å²) in [6.45, 7) is 2.18. The molecule has 0 aliphatic heterocycles. The minimum absolute atomic E-state index is 0.426. The number of pyridine rings is 1. The minimum Gasteiger partial charge on any atom is -0.381 e. The smallest absolute Gasteiger partial charge is 0.138 e. The van der Waals surface area contributed by atoms with Gasteiger partial charge in [0.2, 0.25) is 0 Å². The van der Waals surface area contributed by atoms with E-state index in [0.29, 0.717) is 17.1 Å². The molecule has 0 aromatic carbocycles. The third-order valence-electron chi connectivity index (χ3n) is 3.05. The Hall–Kier alpha value is -1.53. The zero-order valence-electron chi connectivity index (χ0n) is 9.65. The Bertz CT molecular complexity index is 476. The number of nitrogens with one attached hydrogen (secondary N) is 1. The summed E-state index contributed by atoms with van der Waals surface area (Å²) in [4.78, 5) is 4.02. The lowest BCUT2D eigenvalue weighted by atomic mass is 10.2. The van der Waals surface area contributed by atoms with Crippen LogP contribution in [0.25, 0.3) is 5.70 Å². The van der Waals surface area contributed by atoms with Crippen molar-refractivity contribution in [3.05, 3.63) is 35.1 Å². The van der Waals surface area contributed by atoms with Gasteiger partial charge in [0.15, 0.2) is 0 Å². The van der Waals surface area contributed by atoms with Crippen LogP contribution in [0.4, 0.5) is 0 Å². The Morgan fingerprint density at radius 2 is 2.59 bits per heavy atom. The van der Waals surface area contributed by atoms with Gasteiger partial charge < -0.3 is 5.32 Å². The fraction of sp³-hybridized carbons (Fsp3) is 0.385. The predicted molar refractivity (Wildman–Crippen MR) is 68.2 cm³/mol. The van der Waals surface area contributed by atoms with Gasteiger partial charge in [-0.05, 0) is 24.5 Å². The summed E-state index contributed by atoms with van der Waals surface area (Å²) in [6, 6.07) is 6.20. The van der Waals surface area contributed by atoms with Gasteiger partial charge in [-0.3, -0.25) is 0 Å². The molecule has 0 saturated heterocycles. The molecule has 0 spiro atoms. The van der Waals surface area contributed by atoms with Crippen LogP contribution in [0, 0.1) is 17.2 Å². The molecule has 1 saturated carbocycles. The van der Waals surface area contributed by atoms with E-state index in [4.69, 9.17) is 16.9 Å². The zero-order chi connectivity index (χ0) is 12.3. The summed E-state index contributed by atoms with van der Waals surface area (Å²) < 4.78 is 0. The number of hydrogen-bond donors (Lipinski definition) is 1. The van der Waals surface area contributed by atoms with Gasteiger partial charge in [0.1, 0.15) is 5.15 Å². The maximum absolute atomic E-state index is 8.82. The largest absolute Gasteiger partial charge is 0.381 e. The molecular formula is C13H14ClN3. The summed E-state index contributed by atoms with van der Waals surface area (Å²) >= 11 is 6.03. The number of nitrogens with zero attached hydrogens (tertiary/aromatic N) is 2. The van der Waals surface area contributed by atoms with E-state index in [2.05, 4.69) is 17.2 Å². The molecule has 4 heteroatoms. The number of halogens is 1. The van der Waals surface area contributed by atoms with Crippen molar-refractivity contribution >= 4 is 17.3 Å². The molecule has 1 N–H and O–H groups in total. The van der Waals surface area contributed by atoms with E-state index < -0.39 is 0 Å². The number of allylic oxidation sites excluding steroid dienone is 1. The Morgan fingerprint density at radius 1 is 1.76 bits per heavy atom. The summed E-state index contributed by atoms with van der Waals surface area (Å²) in [5.74, 6) is 0.715. The Balaban J connectivity index is 2.17. The second kappa shape index (κ2) is 5.20. The molecule has 3 nitrogen and oxygen atoms in total. The number of rotatable bonds is 4. The Kier molecular flexibility index (Phi) is 3.65. The van der Waals surface area contributed by atoms with Crippen LogP contribution >= 0.6 is 11.6 Å². The number of nitriles is 1. The number of hydrogen-bond acceptors (Lipinski definition) is 3. The van der Waals surface area contributed by atoms with Gasteiger partial charge >= 0.3 is 0 Å². The highest BCUT2D eigenvalue weighted by atomic mass is 35.5. The van der Waals surface area contributed by atoms with Gasteiger partial charge in [-0.2, -0.15) is 5.26 Å². The predicted octanol–water partition coefficient (Wildman–Crippen LogP) is 2.99. The normalized spacial score (nSPS) is 23.0. The SMILES string of the molecule is CCC1CC1N/C(=C/C#N)c1cccnc1Cl. The molecule has 1 aliphatic carbocycles. The van der Waals surface area contributed by atoms with Gasteiger partial charge in [-0.15, -0.1) is 0 Å². The fourth-order valence-electron chi connectivity index (χ4n) is 1.92. The van der Waals surface area contributed by atoms with Gasteiger partial charge in [0, 0.05) is 23.9 Å². The van der Waals surface area contributed by atoms with Crippen molar-refractivity contribution in [3.8, 4) is 6.07 Å². The van der Waals surface area contributed by atoms with Gasteiger partial charge in [0.05, 0.1) is 11.8 Å². The van der Waals surface area contributed by atoms with Crippen molar-refractivity contribution in [2.45, 2.75) is 25.8 Å². The molecule has 0 bridgehead atoms. The van der Waals surface area contributed by atoms with Crippen LogP contribution in [0.1, 0.15) is 25.3 Å². The van der Waals surface area contributed by atoms with Crippen LogP contribution in [0.15, 0.2) is 24.4 Å². The lowest BCUT2D eigenvalue weighted by molar-refractivity contribution is 0.715. The van der Waals surface area contributed by atoms with E-state index in [1.807, 2.05) is 18.2 Å². The second-order valence-electron chi connectivity index (χ2n) is 4.18. The maximum Gasteiger partial charge on any atom is 0.138 e. The summed E-state index contributed by atoms with van der Waals surface area (Å²) in [7, 11) is 0. The van der Waals surface area contributed by atoms with E-state index in [1.54, 1.807) is 6.20 Å². The van der Waals surface area contributed by atoms with Crippen LogP contribution in [-0.4, -0.2) is 11.0 Å². The zero-order valence-corrected chi connectivity index (χ0v) is 10.4. The molecule has 1 aromatic rings. The maximum atomic E-state index is 8.82. The molecule has 1 heterocycles. The van der Waals surface area contributed by atoms with Crippen molar-refractivity contribution in [1.29, 1.82) is 5.26 Å². The van der Waals surface area contributed by atoms with Crippen LogP contribution in [0.3, 0.4) is 0 Å². The summed E-state index contributed by atoms with van der Waals surface area (Å²) in [6.07, 6.45) is 5.46. The molecule has 0 radical (unpaired) electrons. The van der Waals surface area contributed by atoms with Crippen LogP contribution in [0.5, 0.6) is 0 Å². The van der Waals surface area contributed by atoms with E-state index in [-0.39, 0.29) is 0 Å². The lowest BCUT2D eigenvalue weighted by Crippen LogP contribution is -2.17. The summed E-state index contributed by atoms with van der Waals surface area (Å²) in [5, 5.41) is 12.6. The minimum atomic E-state index is 0.426. The van der Waals surface area contributed by atoms with E-state index in [0.717, 1.165) is 24.1 Å². The first kappa shape index (κ1) is 11.9. The van der Waals surface area contributed by atoms with E-state index in [1.165, 1.54) is 6.08 Å². The molecule has 17 heavy (non-hydrogen) atoms. The molecule has 1 aromatic heterocycles. The highest BCUT2D eigenvalue weighted by Gasteiger charge is 2.35. The van der Waals surface area contributed by atoms with Crippen molar-refractivity contribution in [2.24, 2.45) is 5.92 Å². The molecule has 0 amide bonds. The highest BCUT2D eigenvalue weighted by molar-refractivity contribution is 6.31. The first-order valence-electron chi connectivity index (χ1n) is 5.73. The van der Waals surface area contributed by atoms with Crippen LogP contribution in [0.2, 0.25) is 5.15 Å². The molecule has 1 aliphatic rings. The molecular weight excluding hydrogens is 234 g/mol. The Labute approximate surface area is 106 Å². The van der Waals surface area contributed by atoms with E-state index >= 15 is 0 Å².